The van der Waals surface area contributed by atoms with Crippen LogP contribution in [0.4, 0.5) is 0 Å². The summed E-state index contributed by atoms with van der Waals surface area (Å²) < 4.78 is 67.3. The molecule has 0 aliphatic carbocycles. The molecule has 13 rings (SSSR count). The first kappa shape index (κ1) is 71.7. The molecule has 0 saturated heterocycles. The number of rotatable bonds is 12. The molecule has 13 aromatic rings. The van der Waals surface area contributed by atoms with Gasteiger partial charge < -0.3 is 44.8 Å². The van der Waals surface area contributed by atoms with Crippen molar-refractivity contribution in [3.05, 3.63) is 422 Å². The van der Waals surface area contributed by atoms with Crippen molar-refractivity contribution in [3.8, 4) is 28.4 Å². The van der Waals surface area contributed by atoms with E-state index >= 15 is 0 Å². The van der Waals surface area contributed by atoms with Crippen molar-refractivity contribution in [1.29, 1.82) is 0 Å². The average Bonchev–Trinajstić information content (AvgIpc) is 0.828. The number of H-pyrrole nitrogens is 2. The van der Waals surface area contributed by atoms with Crippen LogP contribution in [0, 0.1) is 6.85 Å². The highest BCUT2D eigenvalue weighted by Gasteiger charge is 2.11. The number of benzene rings is 6. The van der Waals surface area contributed by atoms with E-state index in [1.807, 2.05) is 60.7 Å². The summed E-state index contributed by atoms with van der Waals surface area (Å²) in [6, 6.07) is 72.0. The second kappa shape index (κ2) is 43.3. The number of carbonyl (C=O) groups excluding carboxylic acids is 2. The Morgan fingerprint density at radius 3 is 1.04 bits per heavy atom. The summed E-state index contributed by atoms with van der Waals surface area (Å²) in [6.07, 6.45) is 9.44. The van der Waals surface area contributed by atoms with Crippen LogP contribution in [0.2, 0.25) is 0 Å². The summed E-state index contributed by atoms with van der Waals surface area (Å²) in [5, 5.41) is 42.0. The maximum Gasteiger partial charge on any atom is 0.488 e. The number of pyridine rings is 7. The molecule has 0 aliphatic rings. The van der Waals surface area contributed by atoms with E-state index in [1.54, 1.807) is 121 Å². The first-order chi connectivity index (χ1) is 54.1. The number of carbonyl (C=O) groups is 4. The quantitative estimate of drug-likeness (QED) is 0.0341. The van der Waals surface area contributed by atoms with Gasteiger partial charge in [0.15, 0.2) is 0 Å². The Bertz CT molecular complexity index is 5480. The number of ether oxygens (including phenoxy) is 2. The van der Waals surface area contributed by atoms with E-state index in [0.717, 1.165) is 11.9 Å². The van der Waals surface area contributed by atoms with Crippen LogP contribution in [0.15, 0.2) is 344 Å². The fourth-order valence-electron chi connectivity index (χ4n) is 8.70. The van der Waals surface area contributed by atoms with Gasteiger partial charge in [0.2, 0.25) is 11.1 Å². The lowest BCUT2D eigenvalue weighted by Crippen LogP contribution is -2.29. The number of hydrogen-bond donors (Lipinski definition) is 7. The molecule has 107 heavy (non-hydrogen) atoms. The summed E-state index contributed by atoms with van der Waals surface area (Å²) in [7, 11) is 1.25. The monoisotopic (exact) mass is 1510 g/mol. The van der Waals surface area contributed by atoms with E-state index in [4.69, 9.17) is 29.9 Å². The zero-order valence-electron chi connectivity index (χ0n) is 63.7. The van der Waals surface area contributed by atoms with E-state index in [2.05, 4.69) is 35.4 Å². The van der Waals surface area contributed by atoms with Gasteiger partial charge in [-0.3, -0.25) is 56.4 Å². The van der Waals surface area contributed by atoms with Gasteiger partial charge in [-0.2, -0.15) is 0 Å². The van der Waals surface area contributed by atoms with Gasteiger partial charge >= 0.3 is 31.0 Å². The third-order valence-corrected chi connectivity index (χ3v) is 14.4. The zero-order valence-corrected chi connectivity index (χ0v) is 58.3. The number of para-hydroxylation sites is 5. The van der Waals surface area contributed by atoms with Gasteiger partial charge in [0.25, 0.3) is 27.8 Å². The molecular weight excluding hydrogens is 1440 g/mol. The standard InChI is InChI=1S/C13H11NO3.C12H10BrNO.C12H9NO3.C12H11NO2.C12H11NO.C7H7NO3.C6H7BO2.C6H5NO3/c1-17-13(16)10-7-8-12(15)14(9-10)11-5-3-2-4-6-11;13-8-10-6-7-12(15)14(9-10)11-4-2-1-3-5-11;14-11-7-6-9(12(15)16)8-13(11)10-4-2-1-3-5-10;14-9-10-6-7-12(15)13(8-10)11-4-2-1-3-5-11;1-10-7-8-12(14)13(9-10)11-5-3-2-4-6-11;1-11-7(10)5-2-3-6(9)8-4-5;8-7(9)6-4-2-1-3-5-6;8-5-2-1-4(3-7-5)6(9)10/h2-9H,1H3;1-7,9H,8H2;1-8H,(H,15,16);1-8,14H,9H2;2-9H,1H3;2-4H,1H3,(H,8,9);1-5,8-9H;1-3H,(H,7,8)(H,9,10)/i;8D2;;9D2;1D3;;;. The first-order valence-corrected chi connectivity index (χ1v) is 32.1. The number of aliphatic hydroxyl groups is 1. The predicted octanol–water partition coefficient (Wildman–Crippen LogP) is 8.97. The third-order valence-electron chi connectivity index (χ3n) is 14.0. The number of aromatic carboxylic acids is 2. The van der Waals surface area contributed by atoms with Crippen molar-refractivity contribution in [2.75, 3.05) is 14.2 Å². The van der Waals surface area contributed by atoms with Gasteiger partial charge in [0.1, 0.15) is 0 Å². The minimum absolute atomic E-state index is 0.0425. The van der Waals surface area contributed by atoms with E-state index < -0.39 is 49.7 Å². The van der Waals surface area contributed by atoms with Gasteiger partial charge in [-0.15, -0.1) is 0 Å². The lowest BCUT2D eigenvalue weighted by atomic mass is 9.81. The van der Waals surface area contributed by atoms with E-state index in [9.17, 15) is 57.8 Å². The van der Waals surface area contributed by atoms with E-state index in [1.165, 1.54) is 159 Å². The Morgan fingerprint density at radius 2 is 0.701 bits per heavy atom. The minimum Gasteiger partial charge on any atom is -0.478 e. The van der Waals surface area contributed by atoms with Crippen molar-refractivity contribution < 1.29 is 63.6 Å². The van der Waals surface area contributed by atoms with Gasteiger partial charge in [-0.1, -0.05) is 149 Å². The topological polar surface area (TPSA) is 364 Å². The molecule has 7 aromatic heterocycles. The van der Waals surface area contributed by atoms with Crippen LogP contribution in [-0.2, 0) is 21.3 Å². The smallest absolute Gasteiger partial charge is 0.478 e. The van der Waals surface area contributed by atoms with Gasteiger partial charge in [0, 0.05) is 126 Å². The summed E-state index contributed by atoms with van der Waals surface area (Å²) in [5.74, 6) is -3.02. The number of carboxylic acid groups (broad SMARTS) is 2. The Balaban J connectivity index is 0.000000205. The zero-order chi connectivity index (χ0) is 83.7. The second-order valence-corrected chi connectivity index (χ2v) is 21.7. The van der Waals surface area contributed by atoms with Crippen LogP contribution in [0.5, 0.6) is 0 Å². The molecule has 0 aliphatic heterocycles. The minimum atomic E-state index is -2.45. The van der Waals surface area contributed by atoms with Gasteiger partial charge in [-0.05, 0) is 120 Å². The SMILES string of the molecule is COC(=O)c1ccc(=O)[nH]c1.COC(=O)c1ccc(=O)n(-c2ccccc2)c1.O=C(O)c1ccc(=O)[nH]c1.O=C(O)c1ccc(=O)n(-c2ccccc2)c1.OB(O)c1ccccc1.[2H]C([2H])(Br)c1ccc(=O)n(-c2ccccc2)c1.[2H]C([2H])(O)c1ccc(=O)n(-c2ccccc2)c1.[2H]C([2H])([2H])c1ccc(=O)n(-c2ccccc2)c1. The highest BCUT2D eigenvalue weighted by Crippen LogP contribution is 2.12. The molecule has 7 N–H and O–H groups in total. The summed E-state index contributed by atoms with van der Waals surface area (Å²) >= 11 is 2.94. The average molecular weight is 1520 g/mol. The number of alkyl halides is 1. The molecule has 0 bridgehead atoms. The highest BCUT2D eigenvalue weighted by molar-refractivity contribution is 9.08. The highest BCUT2D eigenvalue weighted by atomic mass is 79.9. The number of hydrogen-bond acceptors (Lipinski definition) is 16. The van der Waals surface area contributed by atoms with E-state index in [0.29, 0.717) is 44.9 Å². The fraction of sp³-hybridized carbons (Fsp3) is 0.0625. The van der Waals surface area contributed by atoms with Crippen molar-refractivity contribution in [3.63, 3.8) is 0 Å². The Morgan fingerprint density at radius 1 is 0.393 bits per heavy atom. The molecule has 0 amide bonds. The molecule has 0 radical (unpaired) electrons. The lowest BCUT2D eigenvalue weighted by Gasteiger charge is -2.06. The third kappa shape index (κ3) is 26.9. The molecule has 7 heterocycles. The fourth-order valence-corrected chi connectivity index (χ4v) is 8.93. The number of halogens is 1. The van der Waals surface area contributed by atoms with Crippen LogP contribution in [0.1, 0.15) is 67.7 Å². The molecule has 6 aromatic carbocycles. The number of esters is 2. The first-order valence-electron chi connectivity index (χ1n) is 34.8. The van der Waals surface area contributed by atoms with Crippen molar-refractivity contribution in [1.82, 2.24) is 32.8 Å². The largest absolute Gasteiger partial charge is 0.488 e. The van der Waals surface area contributed by atoms with Crippen molar-refractivity contribution in [2.45, 2.75) is 18.7 Å². The predicted molar refractivity (Wildman–Crippen MR) is 410 cm³/mol. The molecule has 0 fully saturated rings. The van der Waals surface area contributed by atoms with Crippen LogP contribution in [0.25, 0.3) is 28.4 Å². The molecular formula is C80H71BBrN7O18. The number of aromatic nitrogens is 7. The number of methoxy groups -OCH3 is 2. The Hall–Kier alpha value is -13.7. The normalized spacial score (nSPS) is 11.2. The molecule has 0 saturated carbocycles. The van der Waals surface area contributed by atoms with Crippen LogP contribution in [0.3, 0.4) is 0 Å². The maximum absolute atomic E-state index is 11.7. The number of nitrogens with one attached hydrogen (secondary N) is 2. The lowest BCUT2D eigenvalue weighted by molar-refractivity contribution is 0.0591. The van der Waals surface area contributed by atoms with Crippen LogP contribution >= 0.6 is 15.9 Å². The van der Waals surface area contributed by atoms with E-state index in [-0.39, 0.29) is 61.2 Å². The van der Waals surface area contributed by atoms with Crippen LogP contribution < -0.4 is 44.4 Å². The molecule has 27 heteroatoms. The number of aromatic amines is 2. The van der Waals surface area contributed by atoms with Gasteiger partial charge in [-0.25, -0.2) is 19.2 Å². The van der Waals surface area contributed by atoms with Crippen LogP contribution in [-0.4, -0.2) is 103 Å². The number of aryl methyl sites for hydroxylation is 1. The molecule has 544 valence electrons. The molecule has 0 atom stereocenters. The second-order valence-electron chi connectivity index (χ2n) is 21.3. The van der Waals surface area contributed by atoms with Crippen molar-refractivity contribution >= 4 is 52.4 Å². The number of nitrogens with zero attached hydrogens (tertiary/aromatic N) is 5. The molecule has 0 spiro atoms. The Kier molecular flexibility index (Phi) is 29.0. The molecule has 25 nitrogen and oxygen atoms in total. The Labute approximate surface area is 629 Å². The summed E-state index contributed by atoms with van der Waals surface area (Å²) in [6.45, 7) is -4.66. The maximum atomic E-state index is 11.7. The van der Waals surface area contributed by atoms with Crippen molar-refractivity contribution in [2.24, 2.45) is 0 Å². The molecule has 0 unspecified atom stereocenters. The number of carboxylic acids is 2. The van der Waals surface area contributed by atoms with Gasteiger partial charge in [0.05, 0.1) is 45.8 Å². The summed E-state index contributed by atoms with van der Waals surface area (Å²) in [5.41, 5.74) is 3.65. The summed E-state index contributed by atoms with van der Waals surface area (Å²) in [4.78, 5) is 127.